The lowest BCUT2D eigenvalue weighted by Gasteiger charge is -2.04. The van der Waals surface area contributed by atoms with Crippen LogP contribution in [0.25, 0.3) is 10.9 Å². The Morgan fingerprint density at radius 3 is 2.65 bits per heavy atom. The highest BCUT2D eigenvalue weighted by Gasteiger charge is 2.24. The van der Waals surface area contributed by atoms with E-state index in [0.717, 1.165) is 11.2 Å². The summed E-state index contributed by atoms with van der Waals surface area (Å²) in [5, 5.41) is 10.3. The number of rotatable bonds is 4. The van der Waals surface area contributed by atoms with Crippen LogP contribution in [0.15, 0.2) is 12.1 Å². The standard InChI is InChI=1S/C15H17NO4/c1-4-16-9(3)13(15(19)20-5-2)14-10(8-17)12(18)7-6-11(14)16/h6-8,18H,4-5H2,1-3H3. The topological polar surface area (TPSA) is 68.5 Å². The summed E-state index contributed by atoms with van der Waals surface area (Å²) in [7, 11) is 0. The van der Waals surface area contributed by atoms with Crippen LogP contribution in [0, 0.1) is 6.92 Å². The van der Waals surface area contributed by atoms with Gasteiger partial charge in [0.2, 0.25) is 0 Å². The van der Waals surface area contributed by atoms with Crippen molar-refractivity contribution in [2.24, 2.45) is 0 Å². The first-order valence-electron chi connectivity index (χ1n) is 6.53. The van der Waals surface area contributed by atoms with Crippen LogP contribution in [0.1, 0.15) is 40.3 Å². The first-order valence-corrected chi connectivity index (χ1v) is 6.53. The third-order valence-electron chi connectivity index (χ3n) is 3.42. The maximum absolute atomic E-state index is 12.2. The van der Waals surface area contributed by atoms with Crippen LogP contribution in [0.3, 0.4) is 0 Å². The highest BCUT2D eigenvalue weighted by molar-refractivity contribution is 6.12. The van der Waals surface area contributed by atoms with Crippen molar-refractivity contribution in [3.63, 3.8) is 0 Å². The first kappa shape index (κ1) is 14.1. The molecule has 0 saturated carbocycles. The molecular weight excluding hydrogens is 258 g/mol. The van der Waals surface area contributed by atoms with Crippen molar-refractivity contribution < 1.29 is 19.4 Å². The minimum Gasteiger partial charge on any atom is -0.507 e. The molecule has 0 unspecified atom stereocenters. The molecule has 0 spiro atoms. The van der Waals surface area contributed by atoms with Crippen molar-refractivity contribution in [2.75, 3.05) is 6.61 Å². The summed E-state index contributed by atoms with van der Waals surface area (Å²) in [5.41, 5.74) is 1.95. The second-order valence-electron chi connectivity index (χ2n) is 4.44. The van der Waals surface area contributed by atoms with E-state index in [1.807, 2.05) is 11.5 Å². The Bertz CT molecular complexity index is 685. The van der Waals surface area contributed by atoms with Gasteiger partial charge in [-0.25, -0.2) is 4.79 Å². The van der Waals surface area contributed by atoms with Gasteiger partial charge in [0.1, 0.15) is 5.75 Å². The number of hydrogen-bond donors (Lipinski definition) is 1. The predicted octanol–water partition coefficient (Wildman–Crippen LogP) is 2.66. The molecule has 0 aliphatic heterocycles. The quantitative estimate of drug-likeness (QED) is 0.688. The highest BCUT2D eigenvalue weighted by atomic mass is 16.5. The van der Waals surface area contributed by atoms with Gasteiger partial charge in [-0.2, -0.15) is 0 Å². The summed E-state index contributed by atoms with van der Waals surface area (Å²) in [5.74, 6) is -0.609. The van der Waals surface area contributed by atoms with Gasteiger partial charge in [0.15, 0.2) is 6.29 Å². The van der Waals surface area contributed by atoms with Crippen molar-refractivity contribution in [1.82, 2.24) is 4.57 Å². The first-order chi connectivity index (χ1) is 9.56. The largest absolute Gasteiger partial charge is 0.507 e. The summed E-state index contributed by atoms with van der Waals surface area (Å²) >= 11 is 0. The fraction of sp³-hybridized carbons (Fsp3) is 0.333. The number of aldehydes is 1. The maximum Gasteiger partial charge on any atom is 0.340 e. The Kier molecular flexibility index (Phi) is 3.79. The van der Waals surface area contributed by atoms with Crippen LogP contribution in [0.5, 0.6) is 5.75 Å². The molecule has 20 heavy (non-hydrogen) atoms. The second kappa shape index (κ2) is 5.36. The number of nitrogens with zero attached hydrogens (tertiary/aromatic N) is 1. The smallest absolute Gasteiger partial charge is 0.340 e. The maximum atomic E-state index is 12.2. The van der Waals surface area contributed by atoms with E-state index < -0.39 is 5.97 Å². The molecular formula is C15H17NO4. The molecule has 1 aromatic carbocycles. The van der Waals surface area contributed by atoms with Crippen LogP contribution in [0.2, 0.25) is 0 Å². The number of carbonyl (C=O) groups excluding carboxylic acids is 2. The molecule has 0 saturated heterocycles. The Hall–Kier alpha value is -2.30. The van der Waals surface area contributed by atoms with E-state index in [1.165, 1.54) is 6.07 Å². The monoisotopic (exact) mass is 275 g/mol. The van der Waals surface area contributed by atoms with Gasteiger partial charge in [-0.1, -0.05) is 0 Å². The highest BCUT2D eigenvalue weighted by Crippen LogP contribution is 2.33. The molecule has 0 aliphatic rings. The van der Waals surface area contributed by atoms with Gasteiger partial charge in [0.05, 0.1) is 23.3 Å². The van der Waals surface area contributed by atoms with E-state index >= 15 is 0 Å². The molecule has 0 amide bonds. The zero-order chi connectivity index (χ0) is 14.9. The normalized spacial score (nSPS) is 10.8. The van der Waals surface area contributed by atoms with Crippen molar-refractivity contribution in [3.05, 3.63) is 29.0 Å². The Morgan fingerprint density at radius 1 is 1.40 bits per heavy atom. The number of phenolic OH excluding ortho intramolecular Hbond substituents is 1. The van der Waals surface area contributed by atoms with Crippen LogP contribution in [-0.2, 0) is 11.3 Å². The van der Waals surface area contributed by atoms with E-state index in [0.29, 0.717) is 23.8 Å². The lowest BCUT2D eigenvalue weighted by atomic mass is 10.0. The lowest BCUT2D eigenvalue weighted by Crippen LogP contribution is -2.07. The number of benzene rings is 1. The van der Waals surface area contributed by atoms with Gasteiger partial charge in [0.25, 0.3) is 0 Å². The van der Waals surface area contributed by atoms with Crippen molar-refractivity contribution >= 4 is 23.2 Å². The zero-order valence-corrected chi connectivity index (χ0v) is 11.8. The summed E-state index contributed by atoms with van der Waals surface area (Å²) in [6.45, 7) is 6.40. The molecule has 5 heteroatoms. The third kappa shape index (κ3) is 1.95. The number of fused-ring (bicyclic) bond motifs is 1. The Labute approximate surface area is 116 Å². The SMILES string of the molecule is CCOC(=O)c1c(C)n(CC)c2ccc(O)c(C=O)c12. The Morgan fingerprint density at radius 2 is 2.10 bits per heavy atom. The van der Waals surface area contributed by atoms with E-state index in [-0.39, 0.29) is 17.9 Å². The minimum absolute atomic E-state index is 0.126. The molecule has 0 fully saturated rings. The molecule has 2 aromatic rings. The van der Waals surface area contributed by atoms with Gasteiger partial charge in [0, 0.05) is 17.6 Å². The van der Waals surface area contributed by atoms with Gasteiger partial charge in [-0.3, -0.25) is 4.79 Å². The number of hydrogen-bond acceptors (Lipinski definition) is 4. The van der Waals surface area contributed by atoms with Gasteiger partial charge in [-0.05, 0) is 32.9 Å². The number of ether oxygens (including phenoxy) is 1. The van der Waals surface area contributed by atoms with Gasteiger partial charge < -0.3 is 14.4 Å². The lowest BCUT2D eigenvalue weighted by molar-refractivity contribution is 0.0527. The molecule has 106 valence electrons. The van der Waals surface area contributed by atoms with Gasteiger partial charge >= 0.3 is 5.97 Å². The molecule has 0 atom stereocenters. The summed E-state index contributed by atoms with van der Waals surface area (Å²) in [6.07, 6.45) is 0.569. The molecule has 0 radical (unpaired) electrons. The molecule has 0 aliphatic carbocycles. The molecule has 1 heterocycles. The minimum atomic E-state index is -0.476. The van der Waals surface area contributed by atoms with E-state index in [1.54, 1.807) is 19.9 Å². The Balaban J connectivity index is 2.90. The summed E-state index contributed by atoms with van der Waals surface area (Å²) in [6, 6.07) is 3.17. The fourth-order valence-electron chi connectivity index (χ4n) is 2.56. The van der Waals surface area contributed by atoms with Crippen LogP contribution in [-0.4, -0.2) is 28.5 Å². The molecule has 1 aromatic heterocycles. The molecule has 2 rings (SSSR count). The van der Waals surface area contributed by atoms with E-state index in [9.17, 15) is 14.7 Å². The van der Waals surface area contributed by atoms with E-state index in [2.05, 4.69) is 0 Å². The number of aromatic hydroxyl groups is 1. The number of phenols is 1. The number of carbonyl (C=O) groups is 2. The zero-order valence-electron chi connectivity index (χ0n) is 11.8. The molecule has 1 N–H and O–H groups in total. The number of aryl methyl sites for hydroxylation is 1. The number of aromatic nitrogens is 1. The molecule has 0 bridgehead atoms. The average molecular weight is 275 g/mol. The van der Waals surface area contributed by atoms with E-state index in [4.69, 9.17) is 4.74 Å². The van der Waals surface area contributed by atoms with Crippen LogP contribution < -0.4 is 0 Å². The second-order valence-corrected chi connectivity index (χ2v) is 4.44. The molecule has 5 nitrogen and oxygen atoms in total. The van der Waals surface area contributed by atoms with Crippen molar-refractivity contribution in [1.29, 1.82) is 0 Å². The van der Waals surface area contributed by atoms with Crippen LogP contribution in [0.4, 0.5) is 0 Å². The average Bonchev–Trinajstić information content (AvgIpc) is 2.70. The summed E-state index contributed by atoms with van der Waals surface area (Å²) in [4.78, 5) is 23.4. The summed E-state index contributed by atoms with van der Waals surface area (Å²) < 4.78 is 6.99. The van der Waals surface area contributed by atoms with Gasteiger partial charge in [-0.15, -0.1) is 0 Å². The number of esters is 1. The van der Waals surface area contributed by atoms with Crippen molar-refractivity contribution in [3.8, 4) is 5.75 Å². The van der Waals surface area contributed by atoms with Crippen LogP contribution >= 0.6 is 0 Å². The fourth-order valence-corrected chi connectivity index (χ4v) is 2.56. The third-order valence-corrected chi connectivity index (χ3v) is 3.42. The van der Waals surface area contributed by atoms with Crippen molar-refractivity contribution in [2.45, 2.75) is 27.3 Å². The predicted molar refractivity (Wildman–Crippen MR) is 75.4 cm³/mol.